The maximum Gasteiger partial charge on any atom is 0.255 e. The van der Waals surface area contributed by atoms with Crippen LogP contribution in [0.15, 0.2) is 85.3 Å². The van der Waals surface area contributed by atoms with Crippen molar-refractivity contribution in [1.29, 1.82) is 0 Å². The molecule has 3 aromatic heterocycles. The summed E-state index contributed by atoms with van der Waals surface area (Å²) in [4.78, 5) is 25.0. The zero-order valence-corrected chi connectivity index (χ0v) is 18.5. The van der Waals surface area contributed by atoms with Crippen LogP contribution >= 0.6 is 11.6 Å². The van der Waals surface area contributed by atoms with Gasteiger partial charge in [-0.1, -0.05) is 23.7 Å². The van der Waals surface area contributed by atoms with Gasteiger partial charge in [0.15, 0.2) is 0 Å². The highest BCUT2D eigenvalue weighted by Crippen LogP contribution is 2.31. The van der Waals surface area contributed by atoms with Gasteiger partial charge in [-0.2, -0.15) is 0 Å². The van der Waals surface area contributed by atoms with Crippen LogP contribution in [0, 0.1) is 6.92 Å². The molecule has 7 heteroatoms. The van der Waals surface area contributed by atoms with Crippen LogP contribution in [0.1, 0.15) is 15.9 Å². The number of hydrogen-bond acceptors (Lipinski definition) is 4. The molecule has 0 aliphatic heterocycles. The summed E-state index contributed by atoms with van der Waals surface area (Å²) in [6.45, 7) is 2.00. The predicted molar refractivity (Wildman–Crippen MR) is 133 cm³/mol. The summed E-state index contributed by atoms with van der Waals surface area (Å²) in [5.41, 5.74) is 6.40. The summed E-state index contributed by atoms with van der Waals surface area (Å²) in [6.07, 6.45) is 5.38. The molecule has 2 aromatic carbocycles. The van der Waals surface area contributed by atoms with Gasteiger partial charge in [0.05, 0.1) is 11.4 Å². The maximum atomic E-state index is 12.8. The molecule has 3 heterocycles. The van der Waals surface area contributed by atoms with Crippen LogP contribution in [-0.2, 0) is 0 Å². The van der Waals surface area contributed by atoms with E-state index in [0.717, 1.165) is 39.2 Å². The van der Waals surface area contributed by atoms with Crippen LogP contribution in [0.2, 0.25) is 5.02 Å². The van der Waals surface area contributed by atoms with Crippen molar-refractivity contribution < 1.29 is 4.79 Å². The highest BCUT2D eigenvalue weighted by molar-refractivity contribution is 6.31. The third-order valence-corrected chi connectivity index (χ3v) is 5.57. The molecule has 0 aliphatic rings. The van der Waals surface area contributed by atoms with Gasteiger partial charge in [-0.15, -0.1) is 0 Å². The lowest BCUT2D eigenvalue weighted by Crippen LogP contribution is -2.12. The average molecular weight is 454 g/mol. The van der Waals surface area contributed by atoms with Crippen LogP contribution < -0.4 is 10.6 Å². The zero-order valence-electron chi connectivity index (χ0n) is 17.8. The molecular weight excluding hydrogens is 434 g/mol. The minimum Gasteiger partial charge on any atom is -0.355 e. The SMILES string of the molecule is Cc1ccc(C(=O)Nc2cccc(Cl)c2)cc1Nc1cc(-c2cccnc2)nc2[nH]ccc12. The van der Waals surface area contributed by atoms with Crippen molar-refractivity contribution in [3.05, 3.63) is 101 Å². The van der Waals surface area contributed by atoms with Gasteiger partial charge in [-0.25, -0.2) is 4.98 Å². The summed E-state index contributed by atoms with van der Waals surface area (Å²) >= 11 is 6.03. The van der Waals surface area contributed by atoms with E-state index in [9.17, 15) is 4.79 Å². The molecule has 3 N–H and O–H groups in total. The van der Waals surface area contributed by atoms with E-state index in [1.165, 1.54) is 0 Å². The molecule has 5 aromatic rings. The lowest BCUT2D eigenvalue weighted by atomic mass is 10.1. The van der Waals surface area contributed by atoms with Crippen molar-refractivity contribution in [2.45, 2.75) is 6.92 Å². The van der Waals surface area contributed by atoms with Crippen LogP contribution in [0.25, 0.3) is 22.3 Å². The van der Waals surface area contributed by atoms with E-state index in [0.29, 0.717) is 16.3 Å². The number of pyridine rings is 2. The Morgan fingerprint density at radius 1 is 1.00 bits per heavy atom. The van der Waals surface area contributed by atoms with Crippen molar-refractivity contribution in [3.63, 3.8) is 0 Å². The van der Waals surface area contributed by atoms with Gasteiger partial charge in [0.25, 0.3) is 5.91 Å². The Morgan fingerprint density at radius 3 is 2.73 bits per heavy atom. The standard InChI is InChI=1S/C26H20ClN5O/c1-16-7-8-17(26(33)30-20-6-2-5-19(27)13-20)12-22(16)31-24-14-23(18-4-3-10-28-15-18)32-25-21(24)9-11-29-25/h2-15H,1H3,(H,30,33)(H2,29,31,32). The van der Waals surface area contributed by atoms with Crippen molar-refractivity contribution in [2.24, 2.45) is 0 Å². The normalized spacial score (nSPS) is 10.8. The summed E-state index contributed by atoms with van der Waals surface area (Å²) in [6, 6.07) is 20.5. The Labute approximate surface area is 195 Å². The summed E-state index contributed by atoms with van der Waals surface area (Å²) in [5.74, 6) is -0.210. The molecule has 0 fully saturated rings. The third-order valence-electron chi connectivity index (χ3n) is 5.34. The van der Waals surface area contributed by atoms with Gasteiger partial charge in [0.2, 0.25) is 0 Å². The van der Waals surface area contributed by atoms with Crippen molar-refractivity contribution in [2.75, 3.05) is 10.6 Å². The average Bonchev–Trinajstić information content (AvgIpc) is 3.30. The molecule has 0 saturated carbocycles. The van der Waals surface area contributed by atoms with Crippen LogP contribution in [-0.4, -0.2) is 20.9 Å². The lowest BCUT2D eigenvalue weighted by molar-refractivity contribution is 0.102. The minimum absolute atomic E-state index is 0.210. The van der Waals surface area contributed by atoms with Crippen LogP contribution in [0.5, 0.6) is 0 Å². The molecule has 6 nitrogen and oxygen atoms in total. The largest absolute Gasteiger partial charge is 0.355 e. The Morgan fingerprint density at radius 2 is 1.91 bits per heavy atom. The molecular formula is C26H20ClN5O. The highest BCUT2D eigenvalue weighted by Gasteiger charge is 2.13. The number of aryl methyl sites for hydroxylation is 1. The van der Waals surface area contributed by atoms with Crippen molar-refractivity contribution in [3.8, 4) is 11.3 Å². The highest BCUT2D eigenvalue weighted by atomic mass is 35.5. The second kappa shape index (κ2) is 8.76. The molecule has 5 rings (SSSR count). The van der Waals surface area contributed by atoms with Gasteiger partial charge in [-0.3, -0.25) is 9.78 Å². The number of anilines is 3. The number of nitrogens with zero attached hydrogens (tertiary/aromatic N) is 2. The molecule has 0 spiro atoms. The number of benzene rings is 2. The van der Waals surface area contributed by atoms with Gasteiger partial charge in [0.1, 0.15) is 5.65 Å². The minimum atomic E-state index is -0.210. The number of carbonyl (C=O) groups excluding carboxylic acids is 1. The van der Waals surface area contributed by atoms with E-state index in [-0.39, 0.29) is 5.91 Å². The first kappa shape index (κ1) is 20.7. The lowest BCUT2D eigenvalue weighted by Gasteiger charge is -2.14. The molecule has 0 saturated heterocycles. The van der Waals surface area contributed by atoms with Gasteiger partial charge in [0, 0.05) is 51.5 Å². The van der Waals surface area contributed by atoms with E-state index >= 15 is 0 Å². The number of rotatable bonds is 5. The topological polar surface area (TPSA) is 82.7 Å². The van der Waals surface area contributed by atoms with Crippen molar-refractivity contribution >= 4 is 45.6 Å². The van der Waals surface area contributed by atoms with E-state index in [1.54, 1.807) is 42.7 Å². The monoisotopic (exact) mass is 453 g/mol. The fourth-order valence-electron chi connectivity index (χ4n) is 3.62. The van der Waals surface area contributed by atoms with Crippen molar-refractivity contribution in [1.82, 2.24) is 15.0 Å². The second-order valence-electron chi connectivity index (χ2n) is 7.66. The Hall–Kier alpha value is -4.16. The van der Waals surface area contributed by atoms with E-state index in [4.69, 9.17) is 16.6 Å². The fraction of sp³-hybridized carbons (Fsp3) is 0.0385. The Kier molecular flexibility index (Phi) is 5.50. The number of halogens is 1. The fourth-order valence-corrected chi connectivity index (χ4v) is 3.81. The number of fused-ring (bicyclic) bond motifs is 1. The van der Waals surface area contributed by atoms with Gasteiger partial charge in [-0.05, 0) is 67.1 Å². The molecule has 0 bridgehead atoms. The zero-order chi connectivity index (χ0) is 22.8. The van der Waals surface area contributed by atoms with Gasteiger partial charge >= 0.3 is 0 Å². The summed E-state index contributed by atoms with van der Waals surface area (Å²) < 4.78 is 0. The smallest absolute Gasteiger partial charge is 0.255 e. The predicted octanol–water partition coefficient (Wildman–Crippen LogP) is 6.58. The first-order chi connectivity index (χ1) is 16.1. The molecule has 0 aliphatic carbocycles. The number of aromatic amines is 1. The maximum absolute atomic E-state index is 12.8. The van der Waals surface area contributed by atoms with E-state index < -0.39 is 0 Å². The third kappa shape index (κ3) is 4.42. The summed E-state index contributed by atoms with van der Waals surface area (Å²) in [5, 5.41) is 7.91. The number of carbonyl (C=O) groups is 1. The Bertz CT molecular complexity index is 1460. The number of aromatic nitrogens is 3. The molecule has 162 valence electrons. The van der Waals surface area contributed by atoms with E-state index in [1.807, 2.05) is 49.5 Å². The number of hydrogen-bond donors (Lipinski definition) is 3. The Balaban J connectivity index is 1.48. The van der Waals surface area contributed by atoms with Crippen LogP contribution in [0.4, 0.5) is 17.1 Å². The molecule has 1 amide bonds. The summed E-state index contributed by atoms with van der Waals surface area (Å²) in [7, 11) is 0. The number of nitrogens with one attached hydrogen (secondary N) is 3. The quantitative estimate of drug-likeness (QED) is 0.280. The molecule has 0 atom stereocenters. The first-order valence-electron chi connectivity index (χ1n) is 10.4. The van der Waals surface area contributed by atoms with E-state index in [2.05, 4.69) is 20.6 Å². The molecule has 0 unspecified atom stereocenters. The number of amides is 1. The second-order valence-corrected chi connectivity index (χ2v) is 8.09. The first-order valence-corrected chi connectivity index (χ1v) is 10.8. The molecule has 33 heavy (non-hydrogen) atoms. The number of H-pyrrole nitrogens is 1. The molecule has 0 radical (unpaired) electrons. The van der Waals surface area contributed by atoms with Gasteiger partial charge < -0.3 is 15.6 Å². The van der Waals surface area contributed by atoms with Crippen LogP contribution in [0.3, 0.4) is 0 Å².